The maximum atomic E-state index is 12.7. The van der Waals surface area contributed by atoms with Crippen LogP contribution < -0.4 is 0 Å². The number of tetrazole rings is 1. The van der Waals surface area contributed by atoms with Crippen molar-refractivity contribution in [2.75, 3.05) is 13.7 Å². The predicted molar refractivity (Wildman–Crippen MR) is 98.4 cm³/mol. The fraction of sp³-hybridized carbons (Fsp3) is 0.333. The molecular formula is C18H20ClN5O2. The van der Waals surface area contributed by atoms with Gasteiger partial charge in [0.15, 0.2) is 5.78 Å². The summed E-state index contributed by atoms with van der Waals surface area (Å²) in [5.74, 6) is 0.332. The molecular weight excluding hydrogens is 354 g/mol. The molecule has 2 heterocycles. The summed E-state index contributed by atoms with van der Waals surface area (Å²) >= 11 is 6.16. The van der Waals surface area contributed by atoms with Gasteiger partial charge in [-0.05, 0) is 37.3 Å². The van der Waals surface area contributed by atoms with Gasteiger partial charge in [-0.3, -0.25) is 4.79 Å². The summed E-state index contributed by atoms with van der Waals surface area (Å²) in [7, 11) is 1.66. The van der Waals surface area contributed by atoms with E-state index in [0.717, 1.165) is 11.4 Å². The number of carbonyl (C=O) groups excluding carboxylic acids is 1. The van der Waals surface area contributed by atoms with Gasteiger partial charge in [-0.1, -0.05) is 23.7 Å². The zero-order valence-corrected chi connectivity index (χ0v) is 15.7. The Bertz CT molecular complexity index is 932. The monoisotopic (exact) mass is 373 g/mol. The van der Waals surface area contributed by atoms with Crippen molar-refractivity contribution >= 4 is 17.4 Å². The SMILES string of the molecule is COCCn1c(C)cc(C(=O)Cn2nnc(-c3ccccc3Cl)n2)c1C. The third kappa shape index (κ3) is 3.68. The van der Waals surface area contributed by atoms with Crippen LogP contribution in [-0.4, -0.2) is 44.3 Å². The zero-order chi connectivity index (χ0) is 18.7. The van der Waals surface area contributed by atoms with Crippen LogP contribution in [0.5, 0.6) is 0 Å². The number of nitrogens with zero attached hydrogens (tertiary/aromatic N) is 5. The topological polar surface area (TPSA) is 74.8 Å². The molecule has 0 fully saturated rings. The molecule has 2 aromatic heterocycles. The van der Waals surface area contributed by atoms with Crippen LogP contribution in [0.25, 0.3) is 11.4 Å². The maximum Gasteiger partial charge on any atom is 0.206 e. The van der Waals surface area contributed by atoms with Crippen LogP contribution in [0.4, 0.5) is 0 Å². The van der Waals surface area contributed by atoms with Crippen molar-refractivity contribution in [1.82, 2.24) is 24.8 Å². The van der Waals surface area contributed by atoms with Crippen LogP contribution in [0.1, 0.15) is 21.7 Å². The van der Waals surface area contributed by atoms with Crippen molar-refractivity contribution in [1.29, 1.82) is 0 Å². The van der Waals surface area contributed by atoms with E-state index in [0.29, 0.717) is 35.1 Å². The molecule has 0 bridgehead atoms. The average Bonchev–Trinajstić information content (AvgIpc) is 3.18. The fourth-order valence-electron chi connectivity index (χ4n) is 2.88. The van der Waals surface area contributed by atoms with Gasteiger partial charge in [-0.2, -0.15) is 4.80 Å². The van der Waals surface area contributed by atoms with E-state index in [4.69, 9.17) is 16.3 Å². The van der Waals surface area contributed by atoms with E-state index in [1.807, 2.05) is 38.1 Å². The van der Waals surface area contributed by atoms with Gasteiger partial charge in [-0.25, -0.2) is 0 Å². The largest absolute Gasteiger partial charge is 0.383 e. The number of aromatic nitrogens is 5. The summed E-state index contributed by atoms with van der Waals surface area (Å²) in [6.45, 7) is 5.23. The first-order chi connectivity index (χ1) is 12.5. The summed E-state index contributed by atoms with van der Waals surface area (Å²) in [4.78, 5) is 14.0. The summed E-state index contributed by atoms with van der Waals surface area (Å²) < 4.78 is 7.20. The lowest BCUT2D eigenvalue weighted by molar-refractivity contribution is 0.0960. The Hall–Kier alpha value is -2.51. The molecule has 26 heavy (non-hydrogen) atoms. The van der Waals surface area contributed by atoms with Gasteiger partial charge < -0.3 is 9.30 Å². The lowest BCUT2D eigenvalue weighted by Crippen LogP contribution is -2.14. The molecule has 3 rings (SSSR count). The molecule has 7 nitrogen and oxygen atoms in total. The Balaban J connectivity index is 1.78. The number of ketones is 1. The van der Waals surface area contributed by atoms with Gasteiger partial charge in [0.2, 0.25) is 5.82 Å². The van der Waals surface area contributed by atoms with Gasteiger partial charge in [0.25, 0.3) is 0 Å². The number of hydrogen-bond acceptors (Lipinski definition) is 5. The number of hydrogen-bond donors (Lipinski definition) is 0. The first kappa shape index (κ1) is 18.3. The highest BCUT2D eigenvalue weighted by Crippen LogP contribution is 2.23. The Kier molecular flexibility index (Phi) is 5.49. The standard InChI is InChI=1S/C18H20ClN5O2/c1-12-10-15(13(2)23(12)8-9-26-3)17(25)11-24-21-18(20-22-24)14-6-4-5-7-16(14)19/h4-7,10H,8-9,11H2,1-3H3. The van der Waals surface area contributed by atoms with Gasteiger partial charge in [-0.15, -0.1) is 10.2 Å². The Morgan fingerprint density at radius 1 is 1.27 bits per heavy atom. The smallest absolute Gasteiger partial charge is 0.206 e. The lowest BCUT2D eigenvalue weighted by atomic mass is 10.1. The quantitative estimate of drug-likeness (QED) is 0.595. The first-order valence-electron chi connectivity index (χ1n) is 8.23. The highest BCUT2D eigenvalue weighted by molar-refractivity contribution is 6.33. The van der Waals surface area contributed by atoms with Crippen LogP contribution in [0, 0.1) is 13.8 Å². The van der Waals surface area contributed by atoms with Crippen LogP contribution in [0.2, 0.25) is 5.02 Å². The number of benzene rings is 1. The Morgan fingerprint density at radius 3 is 2.77 bits per heavy atom. The van der Waals surface area contributed by atoms with Crippen LogP contribution in [-0.2, 0) is 17.8 Å². The normalized spacial score (nSPS) is 11.1. The highest BCUT2D eigenvalue weighted by atomic mass is 35.5. The minimum atomic E-state index is -0.0649. The van der Waals surface area contributed by atoms with E-state index in [1.165, 1.54) is 4.80 Å². The van der Waals surface area contributed by atoms with Crippen molar-refractivity contribution in [2.45, 2.75) is 26.9 Å². The number of halogens is 1. The van der Waals surface area contributed by atoms with Gasteiger partial charge in [0, 0.05) is 36.2 Å². The number of rotatable bonds is 7. The number of Topliss-reactive ketones (excluding diaryl/α,β-unsaturated/α-hetero) is 1. The summed E-state index contributed by atoms with van der Waals surface area (Å²) in [5.41, 5.74) is 3.28. The molecule has 0 aliphatic carbocycles. The molecule has 0 aliphatic heterocycles. The number of ether oxygens (including phenoxy) is 1. The van der Waals surface area contributed by atoms with Crippen LogP contribution >= 0.6 is 11.6 Å². The number of carbonyl (C=O) groups is 1. The maximum absolute atomic E-state index is 12.7. The Labute approximate surface area is 156 Å². The molecule has 136 valence electrons. The second-order valence-electron chi connectivity index (χ2n) is 5.98. The molecule has 0 radical (unpaired) electrons. The van der Waals surface area contributed by atoms with Gasteiger partial charge in [0.1, 0.15) is 6.54 Å². The first-order valence-corrected chi connectivity index (χ1v) is 8.60. The molecule has 0 saturated carbocycles. The van der Waals surface area contributed by atoms with Gasteiger partial charge in [0.05, 0.1) is 11.6 Å². The van der Waals surface area contributed by atoms with E-state index in [2.05, 4.69) is 20.0 Å². The van der Waals surface area contributed by atoms with E-state index in [9.17, 15) is 4.79 Å². The molecule has 8 heteroatoms. The molecule has 0 spiro atoms. The lowest BCUT2D eigenvalue weighted by Gasteiger charge is -2.08. The molecule has 0 aliphatic rings. The fourth-order valence-corrected chi connectivity index (χ4v) is 3.10. The second kappa shape index (κ2) is 7.80. The van der Waals surface area contributed by atoms with Crippen molar-refractivity contribution in [2.24, 2.45) is 0 Å². The third-order valence-corrected chi connectivity index (χ3v) is 4.58. The van der Waals surface area contributed by atoms with E-state index < -0.39 is 0 Å². The molecule has 1 aromatic carbocycles. The minimum Gasteiger partial charge on any atom is -0.383 e. The molecule has 0 saturated heterocycles. The number of aryl methyl sites for hydroxylation is 1. The third-order valence-electron chi connectivity index (χ3n) is 4.25. The van der Waals surface area contributed by atoms with Crippen LogP contribution in [0.15, 0.2) is 30.3 Å². The van der Waals surface area contributed by atoms with Crippen molar-refractivity contribution in [3.63, 3.8) is 0 Å². The average molecular weight is 374 g/mol. The molecule has 0 atom stereocenters. The molecule has 3 aromatic rings. The summed E-state index contributed by atoms with van der Waals surface area (Å²) in [6, 6.07) is 9.15. The Morgan fingerprint density at radius 2 is 2.04 bits per heavy atom. The minimum absolute atomic E-state index is 0.0199. The summed E-state index contributed by atoms with van der Waals surface area (Å²) in [6.07, 6.45) is 0. The van der Waals surface area contributed by atoms with E-state index in [1.54, 1.807) is 13.2 Å². The molecule has 0 N–H and O–H groups in total. The molecule has 0 amide bonds. The van der Waals surface area contributed by atoms with Crippen molar-refractivity contribution in [3.8, 4) is 11.4 Å². The van der Waals surface area contributed by atoms with Crippen LogP contribution in [0.3, 0.4) is 0 Å². The predicted octanol–water partition coefficient (Wildman–Crippen LogP) is 2.94. The van der Waals surface area contributed by atoms with Gasteiger partial charge >= 0.3 is 0 Å². The van der Waals surface area contributed by atoms with E-state index >= 15 is 0 Å². The van der Waals surface area contributed by atoms with Crippen molar-refractivity contribution in [3.05, 3.63) is 52.3 Å². The second-order valence-corrected chi connectivity index (χ2v) is 6.38. The summed E-state index contributed by atoms with van der Waals surface area (Å²) in [5, 5.41) is 12.8. The molecule has 0 unspecified atom stereocenters. The van der Waals surface area contributed by atoms with Crippen molar-refractivity contribution < 1.29 is 9.53 Å². The van der Waals surface area contributed by atoms with E-state index in [-0.39, 0.29) is 12.3 Å². The highest BCUT2D eigenvalue weighted by Gasteiger charge is 2.18. The zero-order valence-electron chi connectivity index (χ0n) is 14.9. The number of methoxy groups -OCH3 is 1.